The molecule has 27 heavy (non-hydrogen) atoms. The van der Waals surface area contributed by atoms with E-state index < -0.39 is 5.60 Å². The van der Waals surface area contributed by atoms with Crippen LogP contribution in [-0.4, -0.2) is 65.0 Å². The molecule has 0 aliphatic heterocycles. The van der Waals surface area contributed by atoms with Crippen LogP contribution in [0, 0.1) is 0 Å². The minimum absolute atomic E-state index is 0. The minimum atomic E-state index is -1.03. The number of aryl methyl sites for hydroxylation is 1. The van der Waals surface area contributed by atoms with Crippen LogP contribution in [0.15, 0.2) is 17.4 Å². The van der Waals surface area contributed by atoms with E-state index in [1.54, 1.807) is 17.8 Å². The van der Waals surface area contributed by atoms with Crippen molar-refractivity contribution in [2.24, 2.45) is 12.0 Å². The van der Waals surface area contributed by atoms with Crippen LogP contribution in [0.4, 0.5) is 0 Å². The average molecular weight is 494 g/mol. The lowest BCUT2D eigenvalue weighted by molar-refractivity contribution is 0.0672. The molecule has 0 spiro atoms. The van der Waals surface area contributed by atoms with Crippen LogP contribution in [0.5, 0.6) is 0 Å². The van der Waals surface area contributed by atoms with Crippen molar-refractivity contribution in [1.82, 2.24) is 25.3 Å². The number of aliphatic imine (C=N–C) groups is 1. The third-order valence-corrected chi connectivity index (χ3v) is 4.24. The molecule has 0 saturated heterocycles. The van der Waals surface area contributed by atoms with Crippen LogP contribution in [0.2, 0.25) is 0 Å². The summed E-state index contributed by atoms with van der Waals surface area (Å²) in [6, 6.07) is 0. The number of halogens is 1. The number of aromatic nitrogens is 2. The molecule has 8 heteroatoms. The lowest BCUT2D eigenvalue weighted by Gasteiger charge is -2.22. The monoisotopic (exact) mass is 494 g/mol. The van der Waals surface area contributed by atoms with E-state index in [-0.39, 0.29) is 30.5 Å². The van der Waals surface area contributed by atoms with Crippen molar-refractivity contribution < 1.29 is 5.11 Å². The Bertz CT molecular complexity index is 526. The molecule has 0 aliphatic carbocycles. The summed E-state index contributed by atoms with van der Waals surface area (Å²) in [6.45, 7) is 13.6. The molecule has 1 aromatic rings. The molecule has 0 amide bonds. The average Bonchev–Trinajstić information content (AvgIpc) is 3.04. The summed E-state index contributed by atoms with van der Waals surface area (Å²) in [5, 5.41) is 21.4. The second-order valence-corrected chi connectivity index (χ2v) is 6.99. The van der Waals surface area contributed by atoms with Gasteiger partial charge in [0.1, 0.15) is 5.60 Å². The van der Waals surface area contributed by atoms with Crippen molar-refractivity contribution in [3.8, 4) is 0 Å². The van der Waals surface area contributed by atoms with Gasteiger partial charge in [-0.3, -0.25) is 4.68 Å². The molecule has 0 radical (unpaired) electrons. The number of guanidine groups is 1. The van der Waals surface area contributed by atoms with E-state index >= 15 is 0 Å². The fourth-order valence-electron chi connectivity index (χ4n) is 2.84. The summed E-state index contributed by atoms with van der Waals surface area (Å²) >= 11 is 0. The van der Waals surface area contributed by atoms with Gasteiger partial charge in [0, 0.05) is 31.9 Å². The first-order chi connectivity index (χ1) is 12.4. The highest BCUT2D eigenvalue weighted by Crippen LogP contribution is 2.19. The predicted molar refractivity (Wildman–Crippen MR) is 124 cm³/mol. The molecular weight excluding hydrogens is 455 g/mol. The third kappa shape index (κ3) is 10.3. The third-order valence-electron chi connectivity index (χ3n) is 4.24. The summed E-state index contributed by atoms with van der Waals surface area (Å²) in [6.07, 6.45) is 6.98. The maximum atomic E-state index is 10.7. The van der Waals surface area contributed by atoms with E-state index in [0.29, 0.717) is 0 Å². The van der Waals surface area contributed by atoms with Crippen LogP contribution in [-0.2, 0) is 12.6 Å². The minimum Gasteiger partial charge on any atom is -0.383 e. The van der Waals surface area contributed by atoms with Crippen LogP contribution in [0.1, 0.15) is 52.5 Å². The van der Waals surface area contributed by atoms with Gasteiger partial charge in [-0.1, -0.05) is 13.8 Å². The van der Waals surface area contributed by atoms with E-state index in [1.807, 2.05) is 20.2 Å². The lowest BCUT2D eigenvalue weighted by Crippen LogP contribution is -2.40. The van der Waals surface area contributed by atoms with E-state index in [4.69, 9.17) is 0 Å². The number of hydrogen-bond donors (Lipinski definition) is 3. The summed E-state index contributed by atoms with van der Waals surface area (Å²) in [5.74, 6) is 0.745. The Morgan fingerprint density at radius 3 is 2.41 bits per heavy atom. The van der Waals surface area contributed by atoms with Gasteiger partial charge in [0.2, 0.25) is 0 Å². The van der Waals surface area contributed by atoms with E-state index in [9.17, 15) is 5.11 Å². The number of nitrogens with zero attached hydrogens (tertiary/aromatic N) is 4. The van der Waals surface area contributed by atoms with Crippen molar-refractivity contribution in [1.29, 1.82) is 0 Å². The molecule has 1 heterocycles. The second kappa shape index (κ2) is 14.2. The van der Waals surface area contributed by atoms with E-state index in [1.165, 1.54) is 12.8 Å². The van der Waals surface area contributed by atoms with Gasteiger partial charge >= 0.3 is 0 Å². The quantitative estimate of drug-likeness (QED) is 0.180. The van der Waals surface area contributed by atoms with Crippen molar-refractivity contribution in [2.45, 2.75) is 52.6 Å². The highest BCUT2D eigenvalue weighted by atomic mass is 127. The molecule has 3 N–H and O–H groups in total. The van der Waals surface area contributed by atoms with Gasteiger partial charge in [-0.25, -0.2) is 4.99 Å². The van der Waals surface area contributed by atoms with Gasteiger partial charge in [-0.15, -0.1) is 24.0 Å². The van der Waals surface area contributed by atoms with Crippen molar-refractivity contribution in [3.63, 3.8) is 0 Å². The topological polar surface area (TPSA) is 77.7 Å². The van der Waals surface area contributed by atoms with Gasteiger partial charge in [0.25, 0.3) is 0 Å². The van der Waals surface area contributed by atoms with Gasteiger partial charge in [0.15, 0.2) is 5.96 Å². The zero-order chi connectivity index (χ0) is 19.4. The first-order valence-electron chi connectivity index (χ1n) is 9.89. The van der Waals surface area contributed by atoms with Crippen LogP contribution < -0.4 is 10.6 Å². The zero-order valence-electron chi connectivity index (χ0n) is 17.7. The number of aliphatic hydroxyl groups is 1. The highest BCUT2D eigenvalue weighted by Gasteiger charge is 2.24. The fourth-order valence-corrected chi connectivity index (χ4v) is 2.84. The normalized spacial score (nSPS) is 14.0. The molecule has 7 nitrogen and oxygen atoms in total. The maximum Gasteiger partial charge on any atom is 0.191 e. The zero-order valence-corrected chi connectivity index (χ0v) is 20.0. The molecule has 158 valence electrons. The number of hydrogen-bond acceptors (Lipinski definition) is 4. The predicted octanol–water partition coefficient (Wildman–Crippen LogP) is 2.31. The SMILES string of the molecule is CCCN(CCC)CCCNC(=NCC(C)(O)c1cnn(C)c1)NCC.I. The number of rotatable bonds is 12. The van der Waals surface area contributed by atoms with Gasteiger partial charge in [-0.05, 0) is 52.7 Å². The summed E-state index contributed by atoms with van der Waals surface area (Å²) in [7, 11) is 1.84. The molecular formula is C19H39IN6O. The fraction of sp³-hybridized carbons (Fsp3) is 0.789. The van der Waals surface area contributed by atoms with E-state index in [0.717, 1.165) is 50.7 Å². The molecule has 1 aromatic heterocycles. The Labute approximate surface area is 182 Å². The first-order valence-corrected chi connectivity index (χ1v) is 9.89. The van der Waals surface area contributed by atoms with Gasteiger partial charge < -0.3 is 20.6 Å². The Balaban J connectivity index is 0.00000676. The van der Waals surface area contributed by atoms with E-state index in [2.05, 4.69) is 39.5 Å². The maximum absolute atomic E-state index is 10.7. The number of nitrogens with one attached hydrogen (secondary N) is 2. The Morgan fingerprint density at radius 2 is 1.89 bits per heavy atom. The van der Waals surface area contributed by atoms with Crippen molar-refractivity contribution in [3.05, 3.63) is 18.0 Å². The van der Waals surface area contributed by atoms with Gasteiger partial charge in [-0.2, -0.15) is 5.10 Å². The van der Waals surface area contributed by atoms with Crippen molar-refractivity contribution in [2.75, 3.05) is 39.3 Å². The van der Waals surface area contributed by atoms with Crippen molar-refractivity contribution >= 4 is 29.9 Å². The standard InChI is InChI=1S/C19H38N6O.HI/c1-6-11-25(12-7-2)13-9-10-21-18(20-8-3)22-16-19(4,26)17-14-23-24(5)15-17;/h14-15,26H,6-13,16H2,1-5H3,(H2,20,21,22);1H. The first kappa shape index (κ1) is 26.1. The largest absolute Gasteiger partial charge is 0.383 e. The molecule has 1 atom stereocenters. The molecule has 0 aromatic carbocycles. The smallest absolute Gasteiger partial charge is 0.191 e. The molecule has 1 unspecified atom stereocenters. The lowest BCUT2D eigenvalue weighted by atomic mass is 10.0. The summed E-state index contributed by atoms with van der Waals surface area (Å²) in [4.78, 5) is 7.07. The Morgan fingerprint density at radius 1 is 1.22 bits per heavy atom. The molecule has 0 bridgehead atoms. The molecule has 0 fully saturated rings. The molecule has 1 rings (SSSR count). The van der Waals surface area contributed by atoms with Crippen LogP contribution in [0.3, 0.4) is 0 Å². The highest BCUT2D eigenvalue weighted by molar-refractivity contribution is 14.0. The van der Waals surface area contributed by atoms with Gasteiger partial charge in [0.05, 0.1) is 12.7 Å². The second-order valence-electron chi connectivity index (χ2n) is 6.99. The van der Waals surface area contributed by atoms with Crippen LogP contribution in [0.25, 0.3) is 0 Å². The summed E-state index contributed by atoms with van der Waals surface area (Å²) < 4.78 is 1.69. The molecule has 0 aliphatic rings. The Hall–Kier alpha value is -0.870. The summed E-state index contributed by atoms with van der Waals surface area (Å²) in [5.41, 5.74) is -0.260. The van der Waals surface area contributed by atoms with Crippen LogP contribution >= 0.6 is 24.0 Å². The molecule has 0 saturated carbocycles. The Kier molecular flexibility index (Phi) is 13.7.